The van der Waals surface area contributed by atoms with Crippen LogP contribution in [0.2, 0.25) is 0 Å². The third-order valence-corrected chi connectivity index (χ3v) is 4.22. The van der Waals surface area contributed by atoms with Crippen molar-refractivity contribution in [3.63, 3.8) is 0 Å². The van der Waals surface area contributed by atoms with E-state index in [1.165, 1.54) is 17.0 Å². The summed E-state index contributed by atoms with van der Waals surface area (Å²) in [6, 6.07) is 5.93. The van der Waals surface area contributed by atoms with Gasteiger partial charge in [0.25, 0.3) is 5.91 Å². The molecule has 1 fully saturated rings. The Hall–Kier alpha value is -1.99. The van der Waals surface area contributed by atoms with Crippen LogP contribution in [0.15, 0.2) is 36.4 Å². The van der Waals surface area contributed by atoms with Crippen molar-refractivity contribution in [2.24, 2.45) is 0 Å². The van der Waals surface area contributed by atoms with Crippen molar-refractivity contribution in [2.75, 3.05) is 44.6 Å². The molecule has 1 amide bonds. The van der Waals surface area contributed by atoms with Gasteiger partial charge in [0.2, 0.25) is 0 Å². The molecular formula is C17H24FN4OS+. The molecule has 0 radical (unpaired) electrons. The number of quaternary nitrogens is 1. The van der Waals surface area contributed by atoms with E-state index in [4.69, 9.17) is 12.2 Å². The van der Waals surface area contributed by atoms with Gasteiger partial charge in [0.15, 0.2) is 11.7 Å². The number of piperazine rings is 1. The molecule has 0 atom stereocenters. The Morgan fingerprint density at radius 3 is 2.75 bits per heavy atom. The normalized spacial score (nSPS) is 15.0. The molecular weight excluding hydrogens is 327 g/mol. The maximum Gasteiger partial charge on any atom is 0.279 e. The molecule has 130 valence electrons. The molecule has 0 saturated carbocycles. The highest BCUT2D eigenvalue weighted by atomic mass is 32.1. The van der Waals surface area contributed by atoms with Gasteiger partial charge in [0.1, 0.15) is 5.82 Å². The molecule has 3 N–H and O–H groups in total. The second kappa shape index (κ2) is 8.75. The fourth-order valence-electron chi connectivity index (χ4n) is 2.54. The third kappa shape index (κ3) is 5.90. The van der Waals surface area contributed by atoms with Gasteiger partial charge in [-0.05, 0) is 37.3 Å². The topological polar surface area (TPSA) is 48.8 Å². The summed E-state index contributed by atoms with van der Waals surface area (Å²) in [5.41, 5.74) is 1.53. The molecule has 0 spiro atoms. The minimum Gasteiger partial charge on any atom is -0.359 e. The zero-order valence-electron chi connectivity index (χ0n) is 13.9. The van der Waals surface area contributed by atoms with Crippen LogP contribution in [0.25, 0.3) is 0 Å². The number of rotatable bonds is 5. The van der Waals surface area contributed by atoms with Crippen LogP contribution in [-0.2, 0) is 4.79 Å². The molecule has 24 heavy (non-hydrogen) atoms. The lowest BCUT2D eigenvalue weighted by Gasteiger charge is -2.33. The first-order chi connectivity index (χ1) is 11.4. The van der Waals surface area contributed by atoms with Gasteiger partial charge in [-0.25, -0.2) is 4.39 Å². The van der Waals surface area contributed by atoms with Gasteiger partial charge < -0.3 is 20.4 Å². The molecule has 5 nitrogen and oxygen atoms in total. The van der Waals surface area contributed by atoms with Gasteiger partial charge in [0, 0.05) is 12.2 Å². The second-order valence-electron chi connectivity index (χ2n) is 6.09. The number of halogens is 1. The largest absolute Gasteiger partial charge is 0.359 e. The highest BCUT2D eigenvalue weighted by molar-refractivity contribution is 7.80. The molecule has 0 unspecified atom stereocenters. The van der Waals surface area contributed by atoms with E-state index < -0.39 is 0 Å². The number of benzene rings is 1. The van der Waals surface area contributed by atoms with E-state index in [0.717, 1.165) is 36.9 Å². The number of hydrogen-bond donors (Lipinski definition) is 3. The predicted octanol–water partition coefficient (Wildman–Crippen LogP) is 0.415. The van der Waals surface area contributed by atoms with Gasteiger partial charge in [-0.15, -0.1) is 0 Å². The SMILES string of the molecule is C=C(C)CNC(=S)N1CC[NH+](CC(=O)Nc2cccc(F)c2)CC1. The maximum absolute atomic E-state index is 13.1. The minimum atomic E-state index is -0.357. The minimum absolute atomic E-state index is 0.105. The molecule has 0 bridgehead atoms. The molecule has 1 aromatic rings. The van der Waals surface area contributed by atoms with Crippen molar-refractivity contribution in [1.82, 2.24) is 10.2 Å². The first-order valence-electron chi connectivity index (χ1n) is 8.00. The van der Waals surface area contributed by atoms with E-state index in [1.807, 2.05) is 6.92 Å². The molecule has 0 aliphatic carbocycles. The second-order valence-corrected chi connectivity index (χ2v) is 6.47. The summed E-state index contributed by atoms with van der Waals surface area (Å²) < 4.78 is 13.1. The lowest BCUT2D eigenvalue weighted by Crippen LogP contribution is -3.15. The van der Waals surface area contributed by atoms with Crippen LogP contribution in [0.3, 0.4) is 0 Å². The maximum atomic E-state index is 13.1. The Morgan fingerprint density at radius 1 is 1.42 bits per heavy atom. The summed E-state index contributed by atoms with van der Waals surface area (Å²) in [4.78, 5) is 15.4. The van der Waals surface area contributed by atoms with Crippen molar-refractivity contribution in [3.05, 3.63) is 42.2 Å². The monoisotopic (exact) mass is 351 g/mol. The molecule has 0 aromatic heterocycles. The third-order valence-electron chi connectivity index (χ3n) is 3.82. The van der Waals surface area contributed by atoms with E-state index in [2.05, 4.69) is 22.1 Å². The molecule has 1 saturated heterocycles. The summed E-state index contributed by atoms with van der Waals surface area (Å²) in [6.07, 6.45) is 0. The highest BCUT2D eigenvalue weighted by Gasteiger charge is 2.23. The number of anilines is 1. The number of hydrogen-bond acceptors (Lipinski definition) is 2. The van der Waals surface area contributed by atoms with E-state index in [0.29, 0.717) is 18.8 Å². The fourth-order valence-corrected chi connectivity index (χ4v) is 2.79. The van der Waals surface area contributed by atoms with Crippen LogP contribution in [0.4, 0.5) is 10.1 Å². The molecule has 1 aliphatic heterocycles. The first kappa shape index (κ1) is 18.4. The molecule has 2 rings (SSSR count). The molecule has 1 aliphatic rings. The van der Waals surface area contributed by atoms with Crippen LogP contribution < -0.4 is 15.5 Å². The van der Waals surface area contributed by atoms with E-state index >= 15 is 0 Å². The lowest BCUT2D eigenvalue weighted by molar-refractivity contribution is -0.895. The zero-order valence-corrected chi connectivity index (χ0v) is 14.7. The van der Waals surface area contributed by atoms with E-state index in [1.54, 1.807) is 12.1 Å². The van der Waals surface area contributed by atoms with Crippen molar-refractivity contribution in [2.45, 2.75) is 6.92 Å². The Bertz CT molecular complexity index is 614. The Kier molecular flexibility index (Phi) is 6.69. The zero-order chi connectivity index (χ0) is 17.5. The van der Waals surface area contributed by atoms with Crippen molar-refractivity contribution < 1.29 is 14.1 Å². The number of nitrogens with zero attached hydrogens (tertiary/aromatic N) is 1. The summed E-state index contributed by atoms with van der Waals surface area (Å²) in [7, 11) is 0. The van der Waals surface area contributed by atoms with Crippen molar-refractivity contribution in [3.8, 4) is 0 Å². The summed E-state index contributed by atoms with van der Waals surface area (Å²) in [6.45, 7) is 10.1. The smallest absolute Gasteiger partial charge is 0.279 e. The summed E-state index contributed by atoms with van der Waals surface area (Å²) in [5.74, 6) is -0.462. The molecule has 7 heteroatoms. The van der Waals surface area contributed by atoms with Gasteiger partial charge in [-0.2, -0.15) is 0 Å². The Labute approximate surface area is 147 Å². The summed E-state index contributed by atoms with van der Waals surface area (Å²) in [5, 5.41) is 6.65. The van der Waals surface area contributed by atoms with E-state index in [-0.39, 0.29) is 11.7 Å². The van der Waals surface area contributed by atoms with Crippen molar-refractivity contribution in [1.29, 1.82) is 0 Å². The fraction of sp³-hybridized carbons (Fsp3) is 0.412. The number of nitrogens with one attached hydrogen (secondary N) is 3. The number of amides is 1. The predicted molar refractivity (Wildman–Crippen MR) is 97.6 cm³/mol. The molecule has 1 heterocycles. The van der Waals surface area contributed by atoms with Gasteiger partial charge in [0.05, 0.1) is 26.2 Å². The van der Waals surface area contributed by atoms with Gasteiger partial charge >= 0.3 is 0 Å². The van der Waals surface area contributed by atoms with Gasteiger partial charge in [-0.3, -0.25) is 4.79 Å². The average molecular weight is 351 g/mol. The lowest BCUT2D eigenvalue weighted by atomic mass is 10.3. The van der Waals surface area contributed by atoms with Crippen molar-refractivity contribution >= 4 is 28.9 Å². The van der Waals surface area contributed by atoms with Crippen LogP contribution in [0.5, 0.6) is 0 Å². The van der Waals surface area contributed by atoms with Crippen LogP contribution in [0, 0.1) is 5.82 Å². The standard InChI is InChI=1S/C17H23FN4OS/c1-13(2)11-19-17(24)22-8-6-21(7-9-22)12-16(23)20-15-5-3-4-14(18)10-15/h3-5,10H,1,6-9,11-12H2,2H3,(H,19,24)(H,20,23)/p+1. The quantitative estimate of drug-likeness (QED) is 0.531. The van der Waals surface area contributed by atoms with Crippen LogP contribution in [0.1, 0.15) is 6.92 Å². The highest BCUT2D eigenvalue weighted by Crippen LogP contribution is 2.08. The molecule has 1 aromatic carbocycles. The first-order valence-corrected chi connectivity index (χ1v) is 8.41. The van der Waals surface area contributed by atoms with Crippen LogP contribution in [-0.4, -0.2) is 55.2 Å². The Balaban J connectivity index is 1.73. The van der Waals surface area contributed by atoms with Crippen LogP contribution >= 0.6 is 12.2 Å². The average Bonchev–Trinajstić information content (AvgIpc) is 2.53. The number of thiocarbonyl (C=S) groups is 1. The Morgan fingerprint density at radius 2 is 2.12 bits per heavy atom. The number of carbonyl (C=O) groups excluding carboxylic acids is 1. The summed E-state index contributed by atoms with van der Waals surface area (Å²) >= 11 is 5.37. The number of carbonyl (C=O) groups is 1. The van der Waals surface area contributed by atoms with E-state index in [9.17, 15) is 9.18 Å². The van der Waals surface area contributed by atoms with Gasteiger partial charge in [-0.1, -0.05) is 18.2 Å².